The Labute approximate surface area is 131 Å². The molecule has 0 bridgehead atoms. The van der Waals surface area contributed by atoms with Gasteiger partial charge >= 0.3 is 0 Å². The summed E-state index contributed by atoms with van der Waals surface area (Å²) in [4.78, 5) is 26.7. The second-order valence-corrected chi connectivity index (χ2v) is 7.00. The minimum Gasteiger partial charge on any atom is -0.385 e. The van der Waals surface area contributed by atoms with Crippen molar-refractivity contribution in [2.75, 3.05) is 25.3 Å². The topological polar surface area (TPSA) is 58.6 Å². The summed E-state index contributed by atoms with van der Waals surface area (Å²) in [5, 5.41) is 3.01. The van der Waals surface area contributed by atoms with Crippen LogP contribution in [0.15, 0.2) is 0 Å². The van der Waals surface area contributed by atoms with Gasteiger partial charge in [0.1, 0.15) is 6.04 Å². The fraction of sp³-hybridized carbons (Fsp3) is 0.867. The quantitative estimate of drug-likeness (QED) is 0.809. The van der Waals surface area contributed by atoms with Crippen molar-refractivity contribution in [3.8, 4) is 0 Å². The molecule has 120 valence electrons. The van der Waals surface area contributed by atoms with Gasteiger partial charge in [0.05, 0.1) is 5.88 Å². The van der Waals surface area contributed by atoms with Gasteiger partial charge in [-0.3, -0.25) is 9.59 Å². The Hall–Kier alpha value is -0.750. The third kappa shape index (κ3) is 4.36. The molecule has 6 heteroatoms. The summed E-state index contributed by atoms with van der Waals surface area (Å²) in [6.07, 6.45) is 5.04. The highest BCUT2D eigenvalue weighted by molar-refractivity contribution is 7.99. The minimum atomic E-state index is -0.298. The van der Waals surface area contributed by atoms with Gasteiger partial charge in [-0.1, -0.05) is 12.8 Å². The van der Waals surface area contributed by atoms with E-state index in [2.05, 4.69) is 5.32 Å². The lowest BCUT2D eigenvalue weighted by Gasteiger charge is -2.27. The van der Waals surface area contributed by atoms with Crippen LogP contribution in [-0.2, 0) is 14.3 Å². The largest absolute Gasteiger partial charge is 0.385 e. The minimum absolute atomic E-state index is 0.0186. The van der Waals surface area contributed by atoms with Crippen molar-refractivity contribution < 1.29 is 14.3 Å². The van der Waals surface area contributed by atoms with E-state index in [4.69, 9.17) is 4.74 Å². The Balaban J connectivity index is 1.88. The number of rotatable bonds is 6. The Morgan fingerprint density at radius 3 is 2.76 bits per heavy atom. The number of carbonyl (C=O) groups is 2. The summed E-state index contributed by atoms with van der Waals surface area (Å²) in [5.41, 5.74) is 0. The molecule has 1 heterocycles. The van der Waals surface area contributed by atoms with Gasteiger partial charge < -0.3 is 15.0 Å². The second kappa shape index (κ2) is 8.03. The predicted octanol–water partition coefficient (Wildman–Crippen LogP) is 1.62. The molecule has 2 rings (SSSR count). The predicted molar refractivity (Wildman–Crippen MR) is 84.0 cm³/mol. The highest BCUT2D eigenvalue weighted by atomic mass is 32.2. The van der Waals surface area contributed by atoms with Crippen LogP contribution in [0.1, 0.15) is 39.0 Å². The summed E-state index contributed by atoms with van der Waals surface area (Å²) in [6, 6.07) is -0.223. The average molecular weight is 314 g/mol. The Kier molecular flexibility index (Phi) is 6.36. The first-order chi connectivity index (χ1) is 10.1. The molecular formula is C15H26N2O3S. The number of hydrogen-bond acceptors (Lipinski definition) is 4. The van der Waals surface area contributed by atoms with Gasteiger partial charge in [-0.2, -0.15) is 0 Å². The summed E-state index contributed by atoms with van der Waals surface area (Å²) < 4.78 is 5.03. The van der Waals surface area contributed by atoms with Gasteiger partial charge in [-0.05, 0) is 26.2 Å². The lowest BCUT2D eigenvalue weighted by atomic mass is 10.1. The average Bonchev–Trinajstić information content (AvgIpc) is 3.14. The molecule has 2 amide bonds. The van der Waals surface area contributed by atoms with Gasteiger partial charge in [-0.15, -0.1) is 11.8 Å². The molecule has 0 aromatic carbocycles. The number of ether oxygens (including phenoxy) is 1. The number of thioether (sulfide) groups is 1. The lowest BCUT2D eigenvalue weighted by molar-refractivity contribution is -0.141. The Morgan fingerprint density at radius 2 is 2.10 bits per heavy atom. The molecule has 1 saturated heterocycles. The standard InChI is InChI=1S/C15H26N2O3S/c1-11(7-8-20-2)16-14(18)13-9-21-10-17(13)15(19)12-5-3-4-6-12/h11-13H,3-10H2,1-2H3,(H,16,18). The highest BCUT2D eigenvalue weighted by Gasteiger charge is 2.38. The normalized spacial score (nSPS) is 24.3. The van der Waals surface area contributed by atoms with E-state index in [1.54, 1.807) is 23.8 Å². The molecule has 0 aromatic rings. The van der Waals surface area contributed by atoms with E-state index >= 15 is 0 Å². The number of hydrogen-bond donors (Lipinski definition) is 1. The first-order valence-corrected chi connectivity index (χ1v) is 8.96. The molecule has 2 aliphatic rings. The van der Waals surface area contributed by atoms with Crippen molar-refractivity contribution in [1.29, 1.82) is 0 Å². The van der Waals surface area contributed by atoms with E-state index in [9.17, 15) is 9.59 Å². The molecular weight excluding hydrogens is 288 g/mol. The van der Waals surface area contributed by atoms with Crippen molar-refractivity contribution in [2.24, 2.45) is 5.92 Å². The molecule has 0 aromatic heterocycles. The fourth-order valence-electron chi connectivity index (χ4n) is 2.99. The van der Waals surface area contributed by atoms with Gasteiger partial charge in [-0.25, -0.2) is 0 Å². The van der Waals surface area contributed by atoms with E-state index in [0.29, 0.717) is 18.2 Å². The maximum Gasteiger partial charge on any atom is 0.243 e. The molecule has 1 saturated carbocycles. The van der Waals surface area contributed by atoms with E-state index in [-0.39, 0.29) is 29.8 Å². The third-order valence-electron chi connectivity index (χ3n) is 4.32. The van der Waals surface area contributed by atoms with Crippen molar-refractivity contribution in [2.45, 2.75) is 51.1 Å². The van der Waals surface area contributed by atoms with Crippen LogP contribution >= 0.6 is 11.8 Å². The van der Waals surface area contributed by atoms with E-state index in [1.807, 2.05) is 6.92 Å². The molecule has 5 nitrogen and oxygen atoms in total. The lowest BCUT2D eigenvalue weighted by Crippen LogP contribution is -2.50. The zero-order chi connectivity index (χ0) is 15.2. The number of nitrogens with one attached hydrogen (secondary N) is 1. The van der Waals surface area contributed by atoms with Crippen LogP contribution in [0.25, 0.3) is 0 Å². The van der Waals surface area contributed by atoms with E-state index in [0.717, 1.165) is 32.1 Å². The maximum atomic E-state index is 12.5. The summed E-state index contributed by atoms with van der Waals surface area (Å²) in [6.45, 7) is 2.60. The maximum absolute atomic E-state index is 12.5. The van der Waals surface area contributed by atoms with Crippen molar-refractivity contribution >= 4 is 23.6 Å². The molecule has 1 N–H and O–H groups in total. The van der Waals surface area contributed by atoms with E-state index in [1.165, 1.54) is 0 Å². The highest BCUT2D eigenvalue weighted by Crippen LogP contribution is 2.30. The van der Waals surface area contributed by atoms with Crippen molar-refractivity contribution in [1.82, 2.24) is 10.2 Å². The smallest absolute Gasteiger partial charge is 0.243 e. The SMILES string of the molecule is COCCC(C)NC(=O)C1CSCN1C(=O)C1CCCC1. The van der Waals surface area contributed by atoms with Crippen LogP contribution in [0, 0.1) is 5.92 Å². The molecule has 2 atom stereocenters. The first kappa shape index (κ1) is 16.6. The van der Waals surface area contributed by atoms with E-state index < -0.39 is 0 Å². The molecule has 1 aliphatic carbocycles. The molecule has 0 radical (unpaired) electrons. The fourth-order valence-corrected chi connectivity index (χ4v) is 4.15. The molecule has 2 unspecified atom stereocenters. The molecule has 0 spiro atoms. The Bertz CT molecular complexity index is 372. The molecule has 2 fully saturated rings. The zero-order valence-electron chi connectivity index (χ0n) is 13.0. The van der Waals surface area contributed by atoms with Crippen LogP contribution in [0.4, 0.5) is 0 Å². The second-order valence-electron chi connectivity index (χ2n) is 6.00. The summed E-state index contributed by atoms with van der Waals surface area (Å²) >= 11 is 1.67. The summed E-state index contributed by atoms with van der Waals surface area (Å²) in [5.74, 6) is 1.67. The monoisotopic (exact) mass is 314 g/mol. The third-order valence-corrected chi connectivity index (χ3v) is 5.33. The zero-order valence-corrected chi connectivity index (χ0v) is 13.8. The number of methoxy groups -OCH3 is 1. The van der Waals surface area contributed by atoms with Gasteiger partial charge in [0.25, 0.3) is 0 Å². The first-order valence-electron chi connectivity index (χ1n) is 7.81. The van der Waals surface area contributed by atoms with Crippen LogP contribution in [0.3, 0.4) is 0 Å². The molecule has 1 aliphatic heterocycles. The van der Waals surface area contributed by atoms with Crippen molar-refractivity contribution in [3.05, 3.63) is 0 Å². The van der Waals surface area contributed by atoms with Crippen molar-refractivity contribution in [3.63, 3.8) is 0 Å². The Morgan fingerprint density at radius 1 is 1.38 bits per heavy atom. The molecule has 21 heavy (non-hydrogen) atoms. The van der Waals surface area contributed by atoms with Crippen LogP contribution in [0.5, 0.6) is 0 Å². The van der Waals surface area contributed by atoms with Crippen LogP contribution in [-0.4, -0.2) is 54.1 Å². The van der Waals surface area contributed by atoms with Gasteiger partial charge in [0.2, 0.25) is 11.8 Å². The van der Waals surface area contributed by atoms with Crippen LogP contribution in [0.2, 0.25) is 0 Å². The van der Waals surface area contributed by atoms with Gasteiger partial charge in [0.15, 0.2) is 0 Å². The van der Waals surface area contributed by atoms with Crippen LogP contribution < -0.4 is 5.32 Å². The summed E-state index contributed by atoms with van der Waals surface area (Å²) in [7, 11) is 1.66. The number of nitrogens with zero attached hydrogens (tertiary/aromatic N) is 1. The number of carbonyl (C=O) groups excluding carboxylic acids is 2. The number of amides is 2. The van der Waals surface area contributed by atoms with Gasteiger partial charge in [0, 0.05) is 31.4 Å².